The fourth-order valence-electron chi connectivity index (χ4n) is 5.29. The van der Waals surface area contributed by atoms with Crippen molar-refractivity contribution < 1.29 is 39.2 Å². The van der Waals surface area contributed by atoms with E-state index in [9.17, 15) is 24.6 Å². The molecular weight excluding hydrogens is 550 g/mol. The summed E-state index contributed by atoms with van der Waals surface area (Å²) in [7, 11) is 0. The Bertz CT molecular complexity index is 1500. The average molecular weight is 582 g/mol. The summed E-state index contributed by atoms with van der Waals surface area (Å²) in [6, 6.07) is 5.70. The molecule has 42 heavy (non-hydrogen) atoms. The molecule has 2 aromatic heterocycles. The van der Waals surface area contributed by atoms with E-state index >= 15 is 0 Å². The molecule has 0 spiro atoms. The van der Waals surface area contributed by atoms with Gasteiger partial charge in [0.05, 0.1) is 11.9 Å². The number of rotatable bonds is 7. The van der Waals surface area contributed by atoms with E-state index < -0.39 is 42.5 Å². The number of hydrogen-bond donors (Lipinski definition) is 5. The molecule has 0 bridgehead atoms. The van der Waals surface area contributed by atoms with Gasteiger partial charge in [0.2, 0.25) is 0 Å². The van der Waals surface area contributed by atoms with Crippen molar-refractivity contribution in [1.82, 2.24) is 29.7 Å². The van der Waals surface area contributed by atoms with Crippen molar-refractivity contribution in [2.24, 2.45) is 5.92 Å². The summed E-state index contributed by atoms with van der Waals surface area (Å²) in [6.07, 6.45) is -0.706. The van der Waals surface area contributed by atoms with Crippen LogP contribution in [0.15, 0.2) is 30.6 Å². The van der Waals surface area contributed by atoms with Crippen molar-refractivity contribution >= 4 is 35.0 Å². The van der Waals surface area contributed by atoms with Gasteiger partial charge in [-0.25, -0.2) is 24.5 Å². The summed E-state index contributed by atoms with van der Waals surface area (Å²) >= 11 is 0. The first kappa shape index (κ1) is 27.8. The number of nitrogens with one attached hydrogen (secondary N) is 1. The molecule has 222 valence electrons. The third-order valence-corrected chi connectivity index (χ3v) is 7.84. The molecule has 3 aromatic rings. The number of benzene rings is 1. The van der Waals surface area contributed by atoms with Crippen LogP contribution >= 0.6 is 0 Å². The van der Waals surface area contributed by atoms with E-state index in [2.05, 4.69) is 20.3 Å². The summed E-state index contributed by atoms with van der Waals surface area (Å²) in [5.74, 6) is -0.508. The molecule has 1 saturated carbocycles. The van der Waals surface area contributed by atoms with E-state index in [0.717, 1.165) is 12.8 Å². The smallest absolute Gasteiger partial charge is 0.415 e. The highest BCUT2D eigenvalue weighted by Crippen LogP contribution is 2.33. The lowest BCUT2D eigenvalue weighted by atomic mass is 9.93. The van der Waals surface area contributed by atoms with Crippen LogP contribution in [0.1, 0.15) is 48.1 Å². The number of likely N-dealkylation sites (tertiary alicyclic amines) is 1. The normalized spacial score (nSPS) is 24.6. The fourth-order valence-corrected chi connectivity index (χ4v) is 5.29. The van der Waals surface area contributed by atoms with Gasteiger partial charge in [0.15, 0.2) is 23.8 Å². The summed E-state index contributed by atoms with van der Waals surface area (Å²) in [4.78, 5) is 51.0. The Labute approximate surface area is 239 Å². The van der Waals surface area contributed by atoms with Crippen molar-refractivity contribution in [3.8, 4) is 5.75 Å². The number of ether oxygens (including phenoxy) is 2. The van der Waals surface area contributed by atoms with E-state index in [1.54, 1.807) is 4.90 Å². The van der Waals surface area contributed by atoms with Crippen LogP contribution in [-0.4, -0.2) is 95.2 Å². The number of carbonyl (C=O) groups is 3. The molecule has 15 nitrogen and oxygen atoms in total. The number of anilines is 1. The zero-order chi connectivity index (χ0) is 29.5. The van der Waals surface area contributed by atoms with Crippen molar-refractivity contribution in [2.75, 3.05) is 18.8 Å². The van der Waals surface area contributed by atoms with E-state index in [1.807, 2.05) is 0 Å². The average Bonchev–Trinajstić information content (AvgIpc) is 3.61. The van der Waals surface area contributed by atoms with E-state index in [1.165, 1.54) is 35.2 Å². The number of amides is 2. The standard InChI is InChI=1S/C27H31N7O8/c28-22-18-23(34(12-29-18)25-20(36)19(35)21(42-25)24(37)30-15-3-4-15)32-17(31-22)11-13-7-9-33(10-8-13)27(40)41-16-5-1-14(2-6-16)26(38)39/h1-2,5-6,12-13,15,19-21,25,35-36H,3-4,7-11H2,(H,30,37)(H,38,39)(H2,28,31,32)/t19?,20?,21-,25+/m0/s1. The Morgan fingerprint density at radius 1 is 1.05 bits per heavy atom. The van der Waals surface area contributed by atoms with Gasteiger partial charge in [-0.3, -0.25) is 9.36 Å². The zero-order valence-corrected chi connectivity index (χ0v) is 22.5. The van der Waals surface area contributed by atoms with Crippen molar-refractivity contribution in [1.29, 1.82) is 0 Å². The van der Waals surface area contributed by atoms with Gasteiger partial charge >= 0.3 is 12.1 Å². The predicted octanol–water partition coefficient (Wildman–Crippen LogP) is 0.458. The number of aliphatic hydroxyl groups excluding tert-OH is 2. The molecule has 6 rings (SSSR count). The highest BCUT2D eigenvalue weighted by molar-refractivity contribution is 5.87. The monoisotopic (exact) mass is 581 g/mol. The number of piperidine rings is 1. The minimum atomic E-state index is -1.43. The highest BCUT2D eigenvalue weighted by atomic mass is 16.6. The molecule has 0 radical (unpaired) electrons. The number of carboxylic acids is 1. The van der Waals surface area contributed by atoms with Gasteiger partial charge in [0.25, 0.3) is 5.91 Å². The first-order valence-electron chi connectivity index (χ1n) is 13.8. The van der Waals surface area contributed by atoms with Gasteiger partial charge < -0.3 is 40.7 Å². The van der Waals surface area contributed by atoms with Crippen LogP contribution in [0.5, 0.6) is 5.75 Å². The maximum absolute atomic E-state index is 12.6. The number of imidazole rings is 1. The molecule has 1 aromatic carbocycles. The van der Waals surface area contributed by atoms with Gasteiger partial charge in [0.1, 0.15) is 29.3 Å². The molecule has 2 amide bonds. The van der Waals surface area contributed by atoms with Crippen molar-refractivity contribution in [3.05, 3.63) is 42.0 Å². The van der Waals surface area contributed by atoms with Crippen LogP contribution in [0, 0.1) is 5.92 Å². The Hall–Kier alpha value is -4.34. The lowest BCUT2D eigenvalue weighted by Crippen LogP contribution is -2.43. The van der Waals surface area contributed by atoms with Crippen LogP contribution in [0.25, 0.3) is 11.2 Å². The van der Waals surface area contributed by atoms with Gasteiger partial charge in [-0.2, -0.15) is 0 Å². The molecular formula is C27H31N7O8. The minimum Gasteiger partial charge on any atom is -0.478 e. The van der Waals surface area contributed by atoms with Crippen molar-refractivity contribution in [2.45, 2.75) is 62.7 Å². The number of hydrogen-bond acceptors (Lipinski definition) is 11. The van der Waals surface area contributed by atoms with Crippen LogP contribution in [-0.2, 0) is 16.0 Å². The molecule has 15 heteroatoms. The molecule has 4 atom stereocenters. The first-order valence-corrected chi connectivity index (χ1v) is 13.8. The SMILES string of the molecule is Nc1nc(CC2CCN(C(=O)Oc3ccc(C(=O)O)cc3)CC2)nc2c1ncn2[C@@H]1O[C@H](C(=O)NC2CC2)C(O)C1O. The van der Waals surface area contributed by atoms with Gasteiger partial charge in [-0.05, 0) is 55.9 Å². The summed E-state index contributed by atoms with van der Waals surface area (Å²) < 4.78 is 12.6. The van der Waals surface area contributed by atoms with Crippen LogP contribution in [0.3, 0.4) is 0 Å². The minimum absolute atomic E-state index is 0.0732. The maximum atomic E-state index is 12.6. The Morgan fingerprint density at radius 3 is 2.43 bits per heavy atom. The lowest BCUT2D eigenvalue weighted by Gasteiger charge is -2.31. The number of nitrogens with two attached hydrogens (primary N) is 1. The number of aromatic carboxylic acids is 1. The Balaban J connectivity index is 1.09. The van der Waals surface area contributed by atoms with Gasteiger partial charge in [0, 0.05) is 25.6 Å². The van der Waals surface area contributed by atoms with Crippen LogP contribution < -0.4 is 15.8 Å². The van der Waals surface area contributed by atoms with E-state index in [0.29, 0.717) is 49.3 Å². The summed E-state index contributed by atoms with van der Waals surface area (Å²) in [6.45, 7) is 0.910. The van der Waals surface area contributed by atoms with Gasteiger partial charge in [-0.1, -0.05) is 0 Å². The number of nitrogen functional groups attached to an aromatic ring is 1. The number of aliphatic hydroxyl groups is 2. The number of carbonyl (C=O) groups excluding carboxylic acids is 2. The van der Waals surface area contributed by atoms with Crippen LogP contribution in [0.4, 0.5) is 10.6 Å². The Morgan fingerprint density at radius 2 is 1.76 bits per heavy atom. The number of nitrogens with zero attached hydrogens (tertiary/aromatic N) is 5. The third kappa shape index (κ3) is 5.57. The largest absolute Gasteiger partial charge is 0.478 e. The zero-order valence-electron chi connectivity index (χ0n) is 22.5. The maximum Gasteiger partial charge on any atom is 0.415 e. The third-order valence-electron chi connectivity index (χ3n) is 7.84. The van der Waals surface area contributed by atoms with Crippen LogP contribution in [0.2, 0.25) is 0 Å². The summed E-state index contributed by atoms with van der Waals surface area (Å²) in [5, 5.41) is 33.0. The van der Waals surface area contributed by atoms with E-state index in [4.69, 9.17) is 20.3 Å². The predicted molar refractivity (Wildman–Crippen MR) is 144 cm³/mol. The molecule has 2 aliphatic heterocycles. The second kappa shape index (κ2) is 11.2. The first-order chi connectivity index (χ1) is 20.2. The highest BCUT2D eigenvalue weighted by Gasteiger charge is 2.48. The quantitative estimate of drug-likeness (QED) is 0.257. The molecule has 6 N–H and O–H groups in total. The second-order valence-corrected chi connectivity index (χ2v) is 10.9. The Kier molecular flexibility index (Phi) is 7.38. The molecule has 4 heterocycles. The topological polar surface area (TPSA) is 215 Å². The number of carboxylic acid groups (broad SMARTS) is 1. The van der Waals surface area contributed by atoms with Gasteiger partial charge in [-0.15, -0.1) is 0 Å². The molecule has 2 saturated heterocycles. The molecule has 2 unspecified atom stereocenters. The lowest BCUT2D eigenvalue weighted by molar-refractivity contribution is -0.137. The molecule has 3 aliphatic rings. The molecule has 1 aliphatic carbocycles. The van der Waals surface area contributed by atoms with E-state index in [-0.39, 0.29) is 29.1 Å². The summed E-state index contributed by atoms with van der Waals surface area (Å²) in [5.41, 5.74) is 6.91. The number of fused-ring (bicyclic) bond motifs is 1. The number of aromatic nitrogens is 4. The fraction of sp³-hybridized carbons (Fsp3) is 0.481. The second-order valence-electron chi connectivity index (χ2n) is 10.9. The van der Waals surface area contributed by atoms with Crippen molar-refractivity contribution in [3.63, 3.8) is 0 Å². The molecule has 3 fully saturated rings.